The molecule has 1 aromatic heterocycles. The van der Waals surface area contributed by atoms with Crippen LogP contribution in [0.5, 0.6) is 0 Å². The number of hydrogen-bond acceptors (Lipinski definition) is 6. The second-order valence-corrected chi connectivity index (χ2v) is 6.38. The third kappa shape index (κ3) is 5.41. The van der Waals surface area contributed by atoms with E-state index < -0.39 is 0 Å². The third-order valence-corrected chi connectivity index (χ3v) is 4.34. The molecular formula is C19H27N5O. The van der Waals surface area contributed by atoms with E-state index >= 15 is 0 Å². The summed E-state index contributed by atoms with van der Waals surface area (Å²) in [4.78, 5) is 11.5. The van der Waals surface area contributed by atoms with Gasteiger partial charge in [-0.15, -0.1) is 0 Å². The summed E-state index contributed by atoms with van der Waals surface area (Å²) in [6.07, 6.45) is 0. The zero-order valence-electron chi connectivity index (χ0n) is 15.0. The zero-order valence-corrected chi connectivity index (χ0v) is 15.0. The number of hydrogen-bond donors (Lipinski definition) is 2. The molecule has 0 aliphatic carbocycles. The van der Waals surface area contributed by atoms with Gasteiger partial charge in [-0.3, -0.25) is 4.90 Å². The Morgan fingerprint density at radius 2 is 1.92 bits per heavy atom. The summed E-state index contributed by atoms with van der Waals surface area (Å²) >= 11 is 0. The Balaban J connectivity index is 1.56. The van der Waals surface area contributed by atoms with Crippen molar-refractivity contribution in [3.05, 3.63) is 47.7 Å². The summed E-state index contributed by atoms with van der Waals surface area (Å²) in [6, 6.07) is 12.5. The normalized spacial score (nSPS) is 16.4. The Labute approximate surface area is 149 Å². The van der Waals surface area contributed by atoms with Gasteiger partial charge in [-0.2, -0.15) is 4.98 Å². The van der Waals surface area contributed by atoms with Crippen LogP contribution in [-0.4, -0.2) is 54.3 Å². The molecule has 2 aromatic rings. The quantitative estimate of drug-likeness (QED) is 0.807. The molecule has 25 heavy (non-hydrogen) atoms. The smallest absolute Gasteiger partial charge is 0.225 e. The van der Waals surface area contributed by atoms with Crippen LogP contribution in [-0.2, 0) is 4.74 Å². The van der Waals surface area contributed by atoms with E-state index in [1.54, 1.807) is 0 Å². The molecular weight excluding hydrogens is 314 g/mol. The van der Waals surface area contributed by atoms with Crippen molar-refractivity contribution in [2.45, 2.75) is 19.9 Å². The highest BCUT2D eigenvalue weighted by molar-refractivity contribution is 5.43. The van der Waals surface area contributed by atoms with Crippen LogP contribution in [0.25, 0.3) is 0 Å². The van der Waals surface area contributed by atoms with Gasteiger partial charge in [0.25, 0.3) is 0 Å². The van der Waals surface area contributed by atoms with Crippen molar-refractivity contribution in [3.63, 3.8) is 0 Å². The molecule has 6 heteroatoms. The monoisotopic (exact) mass is 341 g/mol. The highest BCUT2D eigenvalue weighted by Crippen LogP contribution is 2.18. The maximum atomic E-state index is 5.38. The maximum Gasteiger partial charge on any atom is 0.225 e. The van der Waals surface area contributed by atoms with Crippen molar-refractivity contribution >= 4 is 11.8 Å². The van der Waals surface area contributed by atoms with Gasteiger partial charge in [0.15, 0.2) is 0 Å². The Morgan fingerprint density at radius 3 is 2.68 bits per heavy atom. The number of morpholine rings is 1. The SMILES string of the molecule is Cc1cc(NCCN2CCOCC2)nc(NC(C)c2ccccc2)n1. The fourth-order valence-electron chi connectivity index (χ4n) is 2.91. The van der Waals surface area contributed by atoms with Crippen molar-refractivity contribution in [2.24, 2.45) is 0 Å². The number of anilines is 2. The van der Waals surface area contributed by atoms with Crippen LogP contribution >= 0.6 is 0 Å². The Morgan fingerprint density at radius 1 is 1.16 bits per heavy atom. The van der Waals surface area contributed by atoms with Gasteiger partial charge in [-0.25, -0.2) is 4.98 Å². The molecule has 1 unspecified atom stereocenters. The second-order valence-electron chi connectivity index (χ2n) is 6.38. The van der Waals surface area contributed by atoms with E-state index in [1.165, 1.54) is 5.56 Å². The molecule has 134 valence electrons. The lowest BCUT2D eigenvalue weighted by Crippen LogP contribution is -2.39. The lowest BCUT2D eigenvalue weighted by Gasteiger charge is -2.26. The predicted molar refractivity (Wildman–Crippen MR) is 101 cm³/mol. The minimum absolute atomic E-state index is 0.157. The van der Waals surface area contributed by atoms with Crippen LogP contribution in [0.1, 0.15) is 24.2 Å². The molecule has 1 saturated heterocycles. The number of aromatic nitrogens is 2. The standard InChI is InChI=1S/C19H27N5O/c1-15-14-18(20-8-9-24-10-12-25-13-11-24)23-19(21-15)22-16(2)17-6-4-3-5-7-17/h3-7,14,16H,8-13H2,1-2H3,(H2,20,21,22,23). The van der Waals surface area contributed by atoms with E-state index in [1.807, 2.05) is 31.2 Å². The summed E-state index contributed by atoms with van der Waals surface area (Å²) in [5.41, 5.74) is 2.17. The Bertz CT molecular complexity index is 658. The lowest BCUT2D eigenvalue weighted by molar-refractivity contribution is 0.0398. The van der Waals surface area contributed by atoms with Crippen molar-refractivity contribution in [1.29, 1.82) is 0 Å². The topological polar surface area (TPSA) is 62.3 Å². The fourth-order valence-corrected chi connectivity index (χ4v) is 2.91. The maximum absolute atomic E-state index is 5.38. The van der Waals surface area contributed by atoms with Gasteiger partial charge in [0.2, 0.25) is 5.95 Å². The molecule has 1 aliphatic rings. The number of rotatable bonds is 7. The van der Waals surface area contributed by atoms with Gasteiger partial charge >= 0.3 is 0 Å². The van der Waals surface area contributed by atoms with Crippen molar-refractivity contribution in [1.82, 2.24) is 14.9 Å². The van der Waals surface area contributed by atoms with Crippen LogP contribution in [0.2, 0.25) is 0 Å². The third-order valence-electron chi connectivity index (χ3n) is 4.34. The molecule has 3 rings (SSSR count). The van der Waals surface area contributed by atoms with Gasteiger partial charge in [0.05, 0.1) is 19.3 Å². The van der Waals surface area contributed by atoms with E-state index in [-0.39, 0.29) is 6.04 Å². The molecule has 2 heterocycles. The van der Waals surface area contributed by atoms with E-state index in [0.717, 1.165) is 50.9 Å². The molecule has 2 N–H and O–H groups in total. The molecule has 0 radical (unpaired) electrons. The number of nitrogens with zero attached hydrogens (tertiary/aromatic N) is 3. The highest BCUT2D eigenvalue weighted by atomic mass is 16.5. The van der Waals surface area contributed by atoms with Crippen LogP contribution in [0, 0.1) is 6.92 Å². The van der Waals surface area contributed by atoms with Gasteiger partial charge < -0.3 is 15.4 Å². The Kier molecular flexibility index (Phi) is 6.19. The first-order chi connectivity index (χ1) is 12.2. The predicted octanol–water partition coefficient (Wildman–Crippen LogP) is 2.70. The average molecular weight is 341 g/mol. The molecule has 1 atom stereocenters. The fraction of sp³-hybridized carbons (Fsp3) is 0.474. The minimum atomic E-state index is 0.157. The summed E-state index contributed by atoms with van der Waals surface area (Å²) in [5.74, 6) is 1.52. The second kappa shape index (κ2) is 8.78. The van der Waals surface area contributed by atoms with Crippen molar-refractivity contribution < 1.29 is 4.74 Å². The van der Waals surface area contributed by atoms with Gasteiger partial charge in [-0.05, 0) is 19.4 Å². The summed E-state index contributed by atoms with van der Waals surface area (Å²) in [7, 11) is 0. The van der Waals surface area contributed by atoms with Gasteiger partial charge in [-0.1, -0.05) is 30.3 Å². The molecule has 0 bridgehead atoms. The van der Waals surface area contributed by atoms with E-state index in [2.05, 4.69) is 44.6 Å². The Hall–Kier alpha value is -2.18. The van der Waals surface area contributed by atoms with Gasteiger partial charge in [0, 0.05) is 37.9 Å². The zero-order chi connectivity index (χ0) is 17.5. The average Bonchev–Trinajstić information content (AvgIpc) is 2.63. The van der Waals surface area contributed by atoms with Crippen LogP contribution in [0.15, 0.2) is 36.4 Å². The van der Waals surface area contributed by atoms with Crippen molar-refractivity contribution in [3.8, 4) is 0 Å². The molecule has 0 spiro atoms. The first-order valence-electron chi connectivity index (χ1n) is 8.92. The van der Waals surface area contributed by atoms with Crippen molar-refractivity contribution in [2.75, 3.05) is 50.0 Å². The molecule has 6 nitrogen and oxygen atoms in total. The number of aryl methyl sites for hydroxylation is 1. The summed E-state index contributed by atoms with van der Waals surface area (Å²) in [6.45, 7) is 9.65. The highest BCUT2D eigenvalue weighted by Gasteiger charge is 2.11. The van der Waals surface area contributed by atoms with E-state index in [4.69, 9.17) is 4.74 Å². The number of nitrogens with one attached hydrogen (secondary N) is 2. The van der Waals surface area contributed by atoms with E-state index in [9.17, 15) is 0 Å². The largest absolute Gasteiger partial charge is 0.379 e. The molecule has 1 aliphatic heterocycles. The molecule has 1 aromatic carbocycles. The van der Waals surface area contributed by atoms with Crippen LogP contribution < -0.4 is 10.6 Å². The summed E-state index contributed by atoms with van der Waals surface area (Å²) < 4.78 is 5.38. The number of benzene rings is 1. The van der Waals surface area contributed by atoms with Gasteiger partial charge in [0.1, 0.15) is 5.82 Å². The number of ether oxygens (including phenoxy) is 1. The minimum Gasteiger partial charge on any atom is -0.379 e. The first-order valence-corrected chi connectivity index (χ1v) is 8.92. The summed E-state index contributed by atoms with van der Waals surface area (Å²) in [5, 5.41) is 6.80. The van der Waals surface area contributed by atoms with Crippen LogP contribution in [0.3, 0.4) is 0 Å². The first kappa shape index (κ1) is 17.6. The molecule has 0 amide bonds. The lowest BCUT2D eigenvalue weighted by atomic mass is 10.1. The molecule has 0 saturated carbocycles. The van der Waals surface area contributed by atoms with E-state index in [0.29, 0.717) is 5.95 Å². The van der Waals surface area contributed by atoms with Crippen LogP contribution in [0.4, 0.5) is 11.8 Å². The molecule has 1 fully saturated rings.